The molecule has 7 heteroatoms. The Balaban J connectivity index is 1.69. The molecule has 0 aliphatic heterocycles. The van der Waals surface area contributed by atoms with Crippen molar-refractivity contribution in [1.29, 1.82) is 0 Å². The van der Waals surface area contributed by atoms with Crippen LogP contribution in [0.15, 0.2) is 59.8 Å². The molecule has 0 N–H and O–H groups in total. The molecular weight excluding hydrogens is 486 g/mol. The smallest absolute Gasteiger partial charge is 0.338 e. The molecule has 0 amide bonds. The molecule has 0 radical (unpaired) electrons. The average molecular weight is 521 g/mol. The van der Waals surface area contributed by atoms with Crippen LogP contribution in [-0.2, 0) is 22.6 Å². The second kappa shape index (κ2) is 11.8. The zero-order valence-electron chi connectivity index (χ0n) is 22.2. The van der Waals surface area contributed by atoms with Crippen molar-refractivity contribution in [2.24, 2.45) is 10.6 Å². The van der Waals surface area contributed by atoms with E-state index in [0.717, 1.165) is 49.1 Å². The van der Waals surface area contributed by atoms with E-state index >= 15 is 0 Å². The van der Waals surface area contributed by atoms with Crippen molar-refractivity contribution in [3.63, 3.8) is 0 Å². The topological polar surface area (TPSA) is 60.7 Å². The zero-order valence-corrected chi connectivity index (χ0v) is 22.2. The number of hydrogen-bond acceptors (Lipinski definition) is 4. The maximum absolute atomic E-state index is 13.7. The van der Waals surface area contributed by atoms with Crippen LogP contribution in [0.1, 0.15) is 91.7 Å². The van der Waals surface area contributed by atoms with Crippen molar-refractivity contribution in [2.75, 3.05) is 0 Å². The fraction of sp³-hybridized carbons (Fsp3) is 0.387. The van der Waals surface area contributed by atoms with E-state index in [1.54, 1.807) is 20.8 Å². The Kier molecular flexibility index (Phi) is 8.55. The van der Waals surface area contributed by atoms with Gasteiger partial charge in [-0.2, -0.15) is 0 Å². The molecule has 1 aliphatic carbocycles. The third kappa shape index (κ3) is 6.63. The van der Waals surface area contributed by atoms with Crippen LogP contribution in [0.25, 0.3) is 0 Å². The molecule has 0 bridgehead atoms. The lowest BCUT2D eigenvalue weighted by Gasteiger charge is -2.18. The van der Waals surface area contributed by atoms with E-state index in [1.165, 1.54) is 12.3 Å². The second-order valence-corrected chi connectivity index (χ2v) is 11.0. The number of benzene rings is 2. The van der Waals surface area contributed by atoms with Crippen molar-refractivity contribution in [3.05, 3.63) is 94.3 Å². The van der Waals surface area contributed by atoms with Crippen molar-refractivity contribution in [3.8, 4) is 0 Å². The molecular formula is C31H34F2N2O3. The first-order valence-electron chi connectivity index (χ1n) is 13.1. The van der Waals surface area contributed by atoms with Crippen LogP contribution in [0, 0.1) is 17.0 Å². The highest BCUT2D eigenvalue weighted by atomic mass is 19.2. The van der Waals surface area contributed by atoms with Gasteiger partial charge in [-0.1, -0.05) is 54.4 Å². The highest BCUT2D eigenvalue weighted by molar-refractivity contribution is 5.99. The third-order valence-electron chi connectivity index (χ3n) is 6.95. The second-order valence-electron chi connectivity index (χ2n) is 11.0. The van der Waals surface area contributed by atoms with Gasteiger partial charge in [-0.25, -0.2) is 13.6 Å². The van der Waals surface area contributed by atoms with Gasteiger partial charge in [0.1, 0.15) is 0 Å². The number of ketones is 1. The molecule has 1 heterocycles. The molecule has 2 aromatic carbocycles. The number of carbonyl (C=O) groups excluding carboxylic acids is 2. The summed E-state index contributed by atoms with van der Waals surface area (Å²) >= 11 is 0. The zero-order chi connectivity index (χ0) is 27.3. The maximum Gasteiger partial charge on any atom is 0.340 e. The number of carbonyl (C=O) groups is 2. The van der Waals surface area contributed by atoms with Gasteiger partial charge >= 0.3 is 5.97 Å². The summed E-state index contributed by atoms with van der Waals surface area (Å²) in [6.45, 7) is 5.80. The number of aryl methyl sites for hydroxylation is 1. The van der Waals surface area contributed by atoms with Crippen molar-refractivity contribution in [1.82, 2.24) is 4.57 Å². The monoisotopic (exact) mass is 520 g/mol. The van der Waals surface area contributed by atoms with Crippen LogP contribution in [0.4, 0.5) is 8.78 Å². The van der Waals surface area contributed by atoms with Crippen LogP contribution in [-0.4, -0.2) is 22.5 Å². The minimum absolute atomic E-state index is 0.0650. The molecule has 3 aromatic rings. The highest BCUT2D eigenvalue weighted by Crippen LogP contribution is 2.38. The molecule has 38 heavy (non-hydrogen) atoms. The quantitative estimate of drug-likeness (QED) is 0.130. The molecule has 0 unspecified atom stereocenters. The number of hydrogen-bond donors (Lipinski definition) is 0. The van der Waals surface area contributed by atoms with E-state index in [1.807, 2.05) is 36.4 Å². The molecule has 0 atom stereocenters. The Morgan fingerprint density at radius 2 is 1.71 bits per heavy atom. The van der Waals surface area contributed by atoms with Crippen molar-refractivity contribution >= 4 is 18.0 Å². The Labute approximate surface area is 222 Å². The lowest BCUT2D eigenvalue weighted by atomic mass is 9.95. The van der Waals surface area contributed by atoms with E-state index in [4.69, 9.17) is 4.84 Å². The molecule has 0 spiro atoms. The Hall–Kier alpha value is -3.61. The van der Waals surface area contributed by atoms with Gasteiger partial charge in [-0.3, -0.25) is 4.79 Å². The summed E-state index contributed by atoms with van der Waals surface area (Å²) in [7, 11) is 0. The van der Waals surface area contributed by atoms with Crippen molar-refractivity contribution < 1.29 is 23.2 Å². The van der Waals surface area contributed by atoms with Gasteiger partial charge in [-0.05, 0) is 75.3 Å². The summed E-state index contributed by atoms with van der Waals surface area (Å²) in [5.74, 6) is -2.12. The number of halogens is 2. The first-order chi connectivity index (χ1) is 18.1. The van der Waals surface area contributed by atoms with Gasteiger partial charge in [0.15, 0.2) is 17.4 Å². The maximum atomic E-state index is 13.7. The molecule has 200 valence electrons. The van der Waals surface area contributed by atoms with Crippen LogP contribution in [0.3, 0.4) is 0 Å². The van der Waals surface area contributed by atoms with Gasteiger partial charge in [-0.15, -0.1) is 0 Å². The minimum atomic E-state index is -0.918. The normalized spacial score (nSPS) is 14.3. The van der Waals surface area contributed by atoms with Crippen molar-refractivity contribution in [2.45, 2.75) is 71.8 Å². The minimum Gasteiger partial charge on any atom is -0.338 e. The standard InChI is InChI=1S/C31H34F2N2O3/c1-31(2,3)30(37)38-34-19-24-18-25(28(36)16-14-21-13-15-26(32)27(33)17-21)29(23-11-7-8-12-23)35(24)20-22-9-5-4-6-10-22/h4-6,9-10,13,15,17-19,23H,7-8,11-12,14,16,20H2,1-3H3/b34-19+. The average Bonchev–Trinajstić information content (AvgIpc) is 3.53. The van der Waals surface area contributed by atoms with E-state index in [-0.39, 0.29) is 18.1 Å². The predicted molar refractivity (Wildman–Crippen MR) is 143 cm³/mol. The summed E-state index contributed by atoms with van der Waals surface area (Å²) in [4.78, 5) is 30.9. The van der Waals surface area contributed by atoms with Gasteiger partial charge < -0.3 is 9.40 Å². The molecule has 1 aliphatic rings. The van der Waals surface area contributed by atoms with Gasteiger partial charge in [0.25, 0.3) is 0 Å². The fourth-order valence-electron chi connectivity index (χ4n) is 4.85. The molecule has 1 aromatic heterocycles. The largest absolute Gasteiger partial charge is 0.340 e. The van der Waals surface area contributed by atoms with E-state index in [0.29, 0.717) is 29.8 Å². The molecule has 1 saturated carbocycles. The van der Waals surface area contributed by atoms with E-state index in [2.05, 4.69) is 9.72 Å². The summed E-state index contributed by atoms with van der Waals surface area (Å²) < 4.78 is 29.1. The van der Waals surface area contributed by atoms with Gasteiger partial charge in [0.05, 0.1) is 17.3 Å². The molecule has 0 saturated heterocycles. The number of oxime groups is 1. The Bertz CT molecular complexity index is 1320. The Morgan fingerprint density at radius 3 is 2.37 bits per heavy atom. The fourth-order valence-corrected chi connectivity index (χ4v) is 4.85. The summed E-state index contributed by atoms with van der Waals surface area (Å²) in [5.41, 5.74) is 3.20. The first kappa shape index (κ1) is 27.4. The third-order valence-corrected chi connectivity index (χ3v) is 6.95. The molecule has 4 rings (SSSR count). The summed E-state index contributed by atoms with van der Waals surface area (Å²) in [5, 5.41) is 3.98. The van der Waals surface area contributed by atoms with Crippen LogP contribution in [0.5, 0.6) is 0 Å². The highest BCUT2D eigenvalue weighted by Gasteiger charge is 2.29. The summed E-state index contributed by atoms with van der Waals surface area (Å²) in [6, 6.07) is 15.5. The van der Waals surface area contributed by atoms with Crippen LogP contribution >= 0.6 is 0 Å². The molecule has 5 nitrogen and oxygen atoms in total. The number of Topliss-reactive ketones (excluding diaryl/α,β-unsaturated/α-hetero) is 1. The van der Waals surface area contributed by atoms with Crippen LogP contribution in [0.2, 0.25) is 0 Å². The SMILES string of the molecule is CC(C)(C)C(=O)O/N=C/c1cc(C(=O)CCc2ccc(F)c(F)c2)c(C2CCCC2)n1Cc1ccccc1. The first-order valence-corrected chi connectivity index (χ1v) is 13.1. The van der Waals surface area contributed by atoms with E-state index in [9.17, 15) is 18.4 Å². The number of nitrogens with zero attached hydrogens (tertiary/aromatic N) is 2. The van der Waals surface area contributed by atoms with Crippen LogP contribution < -0.4 is 0 Å². The lowest BCUT2D eigenvalue weighted by Crippen LogP contribution is -2.21. The molecule has 1 fully saturated rings. The van der Waals surface area contributed by atoms with Gasteiger partial charge in [0.2, 0.25) is 0 Å². The predicted octanol–water partition coefficient (Wildman–Crippen LogP) is 7.21. The Morgan fingerprint density at radius 1 is 1.00 bits per heavy atom. The number of rotatable bonds is 9. The summed E-state index contributed by atoms with van der Waals surface area (Å²) in [6.07, 6.45) is 6.12. The number of aromatic nitrogens is 1. The van der Waals surface area contributed by atoms with Gasteiger partial charge in [0, 0.05) is 24.2 Å². The van der Waals surface area contributed by atoms with E-state index < -0.39 is 23.0 Å². The lowest BCUT2D eigenvalue weighted by molar-refractivity contribution is -0.152.